The van der Waals surface area contributed by atoms with E-state index in [1.807, 2.05) is 0 Å². The number of hydrogen-bond donors (Lipinski definition) is 0. The molecule has 2 nitrogen and oxygen atoms in total. The molecule has 0 aliphatic rings. The summed E-state index contributed by atoms with van der Waals surface area (Å²) in [5.41, 5.74) is -0.462. The third-order valence-corrected chi connectivity index (χ3v) is 2.37. The Morgan fingerprint density at radius 1 is 1.44 bits per heavy atom. The molecule has 0 bridgehead atoms. The highest BCUT2D eigenvalue weighted by molar-refractivity contribution is 6.73. The molecule has 88 valence electrons. The Bertz CT molecular complexity index is 406. The second-order valence-corrected chi connectivity index (χ2v) is 3.59. The third-order valence-electron chi connectivity index (χ3n) is 2.02. The van der Waals surface area contributed by atoms with Gasteiger partial charge in [-0.25, -0.2) is 0 Å². The second kappa shape index (κ2) is 4.78. The van der Waals surface area contributed by atoms with Crippen molar-refractivity contribution in [2.24, 2.45) is 0 Å². The first-order chi connectivity index (χ1) is 7.34. The van der Waals surface area contributed by atoms with E-state index < -0.39 is 18.4 Å². The largest absolute Gasteiger partial charge is 0.509 e. The molecule has 0 N–H and O–H groups in total. The lowest BCUT2D eigenvalue weighted by atomic mass is 9.80. The molecule has 0 aromatic heterocycles. The minimum Gasteiger partial charge on any atom is -0.469 e. The lowest BCUT2D eigenvalue weighted by Gasteiger charge is -2.15. The molecule has 0 spiro atoms. The van der Waals surface area contributed by atoms with E-state index in [0.29, 0.717) is 5.56 Å². The van der Waals surface area contributed by atoms with Crippen molar-refractivity contribution in [3.63, 3.8) is 0 Å². The summed E-state index contributed by atoms with van der Waals surface area (Å²) in [5.74, 6) is -0.549. The van der Waals surface area contributed by atoms with Crippen LogP contribution in [0.3, 0.4) is 0 Å². The van der Waals surface area contributed by atoms with Crippen LogP contribution in [0.1, 0.15) is 5.56 Å². The van der Waals surface area contributed by atoms with E-state index >= 15 is 0 Å². The minimum atomic E-state index is -5.07. The normalized spacial score (nSPS) is 11.3. The van der Waals surface area contributed by atoms with E-state index in [2.05, 4.69) is 4.74 Å². The van der Waals surface area contributed by atoms with Gasteiger partial charge in [-0.05, 0) is 5.56 Å². The average Bonchev–Trinajstić information content (AvgIpc) is 2.19. The Kier molecular flexibility index (Phi) is 3.85. The summed E-state index contributed by atoms with van der Waals surface area (Å²) in [5, 5.41) is -0.0814. The maximum atomic E-state index is 12.3. The highest BCUT2D eigenvalue weighted by Crippen LogP contribution is 2.18. The van der Waals surface area contributed by atoms with Gasteiger partial charge in [0.25, 0.3) is 0 Å². The van der Waals surface area contributed by atoms with Gasteiger partial charge < -0.3 is 17.7 Å². The van der Waals surface area contributed by atoms with Crippen LogP contribution in [0, 0.1) is 0 Å². The van der Waals surface area contributed by atoms with Crippen LogP contribution >= 0.6 is 11.6 Å². The summed E-state index contributed by atoms with van der Waals surface area (Å²) < 4.78 is 41.4. The quantitative estimate of drug-likeness (QED) is 0.607. The van der Waals surface area contributed by atoms with Crippen molar-refractivity contribution in [2.75, 3.05) is 7.11 Å². The van der Waals surface area contributed by atoms with Crippen LogP contribution in [0.4, 0.5) is 12.9 Å². The van der Waals surface area contributed by atoms with Gasteiger partial charge in [0.05, 0.1) is 13.5 Å². The van der Waals surface area contributed by atoms with Crippen molar-refractivity contribution in [1.82, 2.24) is 0 Å². The van der Waals surface area contributed by atoms with Crippen LogP contribution in [0.15, 0.2) is 18.2 Å². The molecule has 1 aromatic rings. The van der Waals surface area contributed by atoms with Crippen molar-refractivity contribution in [1.29, 1.82) is 0 Å². The molecule has 0 fully saturated rings. The summed E-state index contributed by atoms with van der Waals surface area (Å²) >= 11 is 5.64. The Balaban J connectivity index is 2.96. The van der Waals surface area contributed by atoms with E-state index in [1.54, 1.807) is 0 Å². The van der Waals surface area contributed by atoms with E-state index in [9.17, 15) is 17.7 Å². The highest BCUT2D eigenvalue weighted by Gasteiger charge is 2.26. The fourth-order valence-corrected chi connectivity index (χ4v) is 1.39. The summed E-state index contributed by atoms with van der Waals surface area (Å²) in [6.07, 6.45) is -0.138. The van der Waals surface area contributed by atoms with Crippen molar-refractivity contribution >= 4 is 30.0 Å². The number of ether oxygens (including phenoxy) is 1. The predicted molar refractivity (Wildman–Crippen MR) is 55.9 cm³/mol. The van der Waals surface area contributed by atoms with Crippen molar-refractivity contribution in [2.45, 2.75) is 6.42 Å². The van der Waals surface area contributed by atoms with Gasteiger partial charge >= 0.3 is 12.9 Å². The van der Waals surface area contributed by atoms with Crippen LogP contribution < -0.4 is 5.46 Å². The SMILES string of the molecule is COC(=O)Cc1ccc([B-](F)(F)F)cc1Cl. The highest BCUT2D eigenvalue weighted by atomic mass is 35.5. The van der Waals surface area contributed by atoms with Crippen molar-refractivity contribution < 1.29 is 22.5 Å². The number of benzene rings is 1. The van der Waals surface area contributed by atoms with Gasteiger partial charge in [-0.15, -0.1) is 5.46 Å². The first-order valence-electron chi connectivity index (χ1n) is 4.39. The zero-order valence-electron chi connectivity index (χ0n) is 8.34. The Hall–Kier alpha value is -1.17. The Morgan fingerprint density at radius 2 is 2.06 bits per heavy atom. The number of halogens is 4. The average molecular weight is 251 g/mol. The van der Waals surface area contributed by atoms with E-state index in [1.165, 1.54) is 13.2 Å². The Morgan fingerprint density at radius 3 is 2.50 bits per heavy atom. The van der Waals surface area contributed by atoms with E-state index in [-0.39, 0.29) is 11.4 Å². The molecule has 7 heteroatoms. The lowest BCUT2D eigenvalue weighted by Crippen LogP contribution is -2.34. The smallest absolute Gasteiger partial charge is 0.469 e. The Labute approximate surface area is 95.4 Å². The van der Waals surface area contributed by atoms with Gasteiger partial charge in [-0.2, -0.15) is 0 Å². The molecule has 0 saturated carbocycles. The summed E-state index contributed by atoms with van der Waals surface area (Å²) in [6.45, 7) is -5.07. The first-order valence-corrected chi connectivity index (χ1v) is 4.77. The molecule has 1 rings (SSSR count). The number of hydrogen-bond acceptors (Lipinski definition) is 2. The van der Waals surface area contributed by atoms with Crippen LogP contribution in [0.2, 0.25) is 5.02 Å². The van der Waals surface area contributed by atoms with Crippen molar-refractivity contribution in [3.8, 4) is 0 Å². The third kappa shape index (κ3) is 3.16. The molecule has 0 aliphatic carbocycles. The predicted octanol–water partition coefficient (Wildman–Crippen LogP) is 2.11. The fraction of sp³-hybridized carbons (Fsp3) is 0.222. The minimum absolute atomic E-state index is 0.0814. The zero-order chi connectivity index (χ0) is 12.3. The van der Waals surface area contributed by atoms with E-state index in [0.717, 1.165) is 12.1 Å². The topological polar surface area (TPSA) is 26.3 Å². The molecule has 0 atom stereocenters. The van der Waals surface area contributed by atoms with E-state index in [4.69, 9.17) is 11.6 Å². The second-order valence-electron chi connectivity index (χ2n) is 3.18. The lowest BCUT2D eigenvalue weighted by molar-refractivity contribution is -0.139. The summed E-state index contributed by atoms with van der Waals surface area (Å²) in [7, 11) is 1.20. The summed E-state index contributed by atoms with van der Waals surface area (Å²) in [4.78, 5) is 10.9. The van der Waals surface area contributed by atoms with Crippen LogP contribution in [0.5, 0.6) is 0 Å². The van der Waals surface area contributed by atoms with Gasteiger partial charge in [0.2, 0.25) is 0 Å². The molecule has 0 heterocycles. The van der Waals surface area contributed by atoms with Crippen LogP contribution in [-0.2, 0) is 16.0 Å². The van der Waals surface area contributed by atoms with Gasteiger partial charge in [0.1, 0.15) is 0 Å². The molecule has 1 aromatic carbocycles. The molecule has 0 radical (unpaired) electrons. The molecule has 0 saturated heterocycles. The first kappa shape index (κ1) is 12.9. The number of esters is 1. The van der Waals surface area contributed by atoms with Gasteiger partial charge in [-0.3, -0.25) is 4.79 Å². The molecule has 0 unspecified atom stereocenters. The molecule has 16 heavy (non-hydrogen) atoms. The van der Waals surface area contributed by atoms with Gasteiger partial charge in [0, 0.05) is 5.02 Å². The number of carbonyl (C=O) groups excluding carboxylic acids is 1. The summed E-state index contributed by atoms with van der Waals surface area (Å²) in [6, 6.07) is 2.91. The molecular formula is C9H8BClF3O2-. The zero-order valence-corrected chi connectivity index (χ0v) is 9.10. The molecule has 0 amide bonds. The van der Waals surface area contributed by atoms with Crippen LogP contribution in [0.25, 0.3) is 0 Å². The van der Waals surface area contributed by atoms with Gasteiger partial charge in [-0.1, -0.05) is 29.8 Å². The maximum absolute atomic E-state index is 12.3. The number of rotatable bonds is 3. The number of carbonyl (C=O) groups is 1. The maximum Gasteiger partial charge on any atom is 0.509 e. The number of methoxy groups -OCH3 is 1. The fourth-order valence-electron chi connectivity index (χ4n) is 1.14. The van der Waals surface area contributed by atoms with Crippen LogP contribution in [-0.4, -0.2) is 20.1 Å². The molecule has 0 aliphatic heterocycles. The molecular weight excluding hydrogens is 243 g/mol. The standard InChI is InChI=1S/C9H8BClF3O2/c1-16-9(15)4-6-2-3-7(5-8(6)11)10(12,13)14/h2-3,5H,4H2,1H3/q-1. The van der Waals surface area contributed by atoms with Crippen molar-refractivity contribution in [3.05, 3.63) is 28.8 Å². The van der Waals surface area contributed by atoms with Gasteiger partial charge in [0.15, 0.2) is 0 Å². The monoisotopic (exact) mass is 251 g/mol.